The molecule has 5 nitrogen and oxygen atoms in total. The molecule has 1 aromatic heterocycles. The van der Waals surface area contributed by atoms with Gasteiger partial charge in [-0.15, -0.1) is 0 Å². The third-order valence-electron chi connectivity index (χ3n) is 3.08. The predicted octanol–water partition coefficient (Wildman–Crippen LogP) is 1.18. The first-order valence-corrected chi connectivity index (χ1v) is 6.65. The van der Waals surface area contributed by atoms with E-state index in [1.165, 1.54) is 6.26 Å². The first-order valence-electron chi connectivity index (χ1n) is 5.85. The van der Waals surface area contributed by atoms with Gasteiger partial charge in [0.2, 0.25) is 0 Å². The van der Waals surface area contributed by atoms with Crippen LogP contribution in [0.15, 0.2) is 21.4 Å². The molecule has 1 N–H and O–H groups in total. The number of likely N-dealkylation sites (N-methyl/N-ethyl adjacent to an activating group) is 1. The molecule has 2 rings (SSSR count). The number of furan rings is 1. The lowest BCUT2D eigenvalue weighted by Crippen LogP contribution is -2.41. The number of hydrogen-bond acceptors (Lipinski definition) is 4. The molecule has 2 atom stereocenters. The van der Waals surface area contributed by atoms with Gasteiger partial charge in [-0.05, 0) is 42.5 Å². The summed E-state index contributed by atoms with van der Waals surface area (Å²) < 4.78 is 5.53. The molecule has 100 valence electrons. The van der Waals surface area contributed by atoms with Gasteiger partial charge in [-0.1, -0.05) is 0 Å². The minimum absolute atomic E-state index is 0.0456. The number of aliphatic hydroxyl groups excluding tert-OH is 1. The molecular formula is C12H17BrN2O3. The van der Waals surface area contributed by atoms with E-state index in [-0.39, 0.29) is 11.9 Å². The molecular weight excluding hydrogens is 300 g/mol. The van der Waals surface area contributed by atoms with Gasteiger partial charge in [0.15, 0.2) is 4.67 Å². The molecule has 0 aliphatic carbocycles. The van der Waals surface area contributed by atoms with Crippen LogP contribution in [0.25, 0.3) is 0 Å². The van der Waals surface area contributed by atoms with Gasteiger partial charge in [-0.25, -0.2) is 0 Å². The Morgan fingerprint density at radius 2 is 2.39 bits per heavy atom. The van der Waals surface area contributed by atoms with Crippen LogP contribution in [0.4, 0.5) is 0 Å². The molecule has 2 heterocycles. The molecule has 0 radical (unpaired) electrons. The first-order chi connectivity index (χ1) is 8.49. The van der Waals surface area contributed by atoms with Gasteiger partial charge < -0.3 is 19.3 Å². The average molecular weight is 317 g/mol. The number of hydrogen-bond donors (Lipinski definition) is 1. The van der Waals surface area contributed by atoms with Crippen molar-refractivity contribution in [3.63, 3.8) is 0 Å². The smallest absolute Gasteiger partial charge is 0.258 e. The molecule has 1 aliphatic rings. The lowest BCUT2D eigenvalue weighted by molar-refractivity contribution is 0.0697. The third kappa shape index (κ3) is 2.76. The standard InChI is InChI=1S/C12H17BrN2O3/c1-14(2)6-8-5-9(16)7-15(8)12(17)10-3-4-18-11(10)13/h3-4,8-9,16H,5-7H2,1-2H3. The summed E-state index contributed by atoms with van der Waals surface area (Å²) in [5, 5.41) is 9.75. The van der Waals surface area contributed by atoms with Gasteiger partial charge in [0.05, 0.1) is 17.9 Å². The highest BCUT2D eigenvalue weighted by Gasteiger charge is 2.35. The SMILES string of the molecule is CN(C)CC1CC(O)CN1C(=O)c1ccoc1Br. The van der Waals surface area contributed by atoms with Crippen molar-refractivity contribution in [1.82, 2.24) is 9.80 Å². The normalized spacial score (nSPS) is 23.9. The molecule has 0 bridgehead atoms. The molecule has 1 fully saturated rings. The van der Waals surface area contributed by atoms with Crippen LogP contribution < -0.4 is 0 Å². The van der Waals surface area contributed by atoms with Crippen LogP contribution in [-0.2, 0) is 0 Å². The molecule has 1 saturated heterocycles. The fraction of sp³-hybridized carbons (Fsp3) is 0.583. The van der Waals surface area contributed by atoms with Gasteiger partial charge in [0.1, 0.15) is 0 Å². The van der Waals surface area contributed by atoms with Crippen molar-refractivity contribution in [2.75, 3.05) is 27.2 Å². The van der Waals surface area contributed by atoms with E-state index in [1.807, 2.05) is 19.0 Å². The molecule has 0 spiro atoms. The van der Waals surface area contributed by atoms with Crippen molar-refractivity contribution in [1.29, 1.82) is 0 Å². The van der Waals surface area contributed by atoms with Gasteiger partial charge in [0, 0.05) is 19.1 Å². The number of aliphatic hydroxyl groups is 1. The van der Waals surface area contributed by atoms with Crippen LogP contribution in [0.1, 0.15) is 16.8 Å². The van der Waals surface area contributed by atoms with Gasteiger partial charge in [-0.2, -0.15) is 0 Å². The summed E-state index contributed by atoms with van der Waals surface area (Å²) in [6, 6.07) is 1.69. The Morgan fingerprint density at radius 3 is 2.94 bits per heavy atom. The second kappa shape index (κ2) is 5.42. The number of halogens is 1. The van der Waals surface area contributed by atoms with E-state index in [0.717, 1.165) is 6.54 Å². The van der Waals surface area contributed by atoms with Crippen molar-refractivity contribution >= 4 is 21.8 Å². The Hall–Kier alpha value is -0.850. The maximum Gasteiger partial charge on any atom is 0.258 e. The second-order valence-corrected chi connectivity index (χ2v) is 5.59. The summed E-state index contributed by atoms with van der Waals surface area (Å²) in [6.07, 6.45) is 1.66. The van der Waals surface area contributed by atoms with Crippen LogP contribution in [0.3, 0.4) is 0 Å². The summed E-state index contributed by atoms with van der Waals surface area (Å²) >= 11 is 3.21. The van der Waals surface area contributed by atoms with Crippen LogP contribution in [0, 0.1) is 0 Å². The van der Waals surface area contributed by atoms with Crippen molar-refractivity contribution in [2.24, 2.45) is 0 Å². The Bertz CT molecular complexity index is 433. The number of amides is 1. The van der Waals surface area contributed by atoms with E-state index in [9.17, 15) is 9.90 Å². The van der Waals surface area contributed by atoms with E-state index in [0.29, 0.717) is 23.2 Å². The number of rotatable bonds is 3. The van der Waals surface area contributed by atoms with Crippen LogP contribution in [0.2, 0.25) is 0 Å². The van der Waals surface area contributed by atoms with Crippen LogP contribution >= 0.6 is 15.9 Å². The molecule has 2 unspecified atom stereocenters. The van der Waals surface area contributed by atoms with Crippen LogP contribution in [-0.4, -0.2) is 60.1 Å². The number of nitrogens with zero attached hydrogens (tertiary/aromatic N) is 2. The largest absolute Gasteiger partial charge is 0.457 e. The summed E-state index contributed by atoms with van der Waals surface area (Å²) in [4.78, 5) is 16.1. The van der Waals surface area contributed by atoms with Crippen molar-refractivity contribution < 1.29 is 14.3 Å². The van der Waals surface area contributed by atoms with E-state index in [4.69, 9.17) is 4.42 Å². The number of likely N-dealkylation sites (tertiary alicyclic amines) is 1. The molecule has 6 heteroatoms. The maximum atomic E-state index is 12.4. The Labute approximate surface area is 114 Å². The van der Waals surface area contributed by atoms with Crippen LogP contribution in [0.5, 0.6) is 0 Å². The van der Waals surface area contributed by atoms with E-state index in [1.54, 1.807) is 11.0 Å². The quantitative estimate of drug-likeness (QED) is 0.909. The molecule has 18 heavy (non-hydrogen) atoms. The zero-order chi connectivity index (χ0) is 13.3. The number of carbonyl (C=O) groups excluding carboxylic acids is 1. The number of carbonyl (C=O) groups is 1. The van der Waals surface area contributed by atoms with Gasteiger partial charge in [-0.3, -0.25) is 4.79 Å². The fourth-order valence-electron chi connectivity index (χ4n) is 2.34. The van der Waals surface area contributed by atoms with E-state index in [2.05, 4.69) is 15.9 Å². The highest BCUT2D eigenvalue weighted by molar-refractivity contribution is 9.10. The second-order valence-electron chi connectivity index (χ2n) is 4.87. The molecule has 1 aromatic rings. The van der Waals surface area contributed by atoms with E-state index >= 15 is 0 Å². The van der Waals surface area contributed by atoms with Crippen molar-refractivity contribution in [3.8, 4) is 0 Å². The summed E-state index contributed by atoms with van der Waals surface area (Å²) in [6.45, 7) is 1.13. The highest BCUT2D eigenvalue weighted by Crippen LogP contribution is 2.25. The molecule has 0 aromatic carbocycles. The fourth-order valence-corrected chi connectivity index (χ4v) is 2.75. The third-order valence-corrected chi connectivity index (χ3v) is 3.69. The Balaban J connectivity index is 2.15. The van der Waals surface area contributed by atoms with Crippen molar-refractivity contribution in [2.45, 2.75) is 18.6 Å². The molecule has 0 saturated carbocycles. The Kier molecular flexibility index (Phi) is 4.09. The maximum absolute atomic E-state index is 12.4. The highest BCUT2D eigenvalue weighted by atomic mass is 79.9. The van der Waals surface area contributed by atoms with Gasteiger partial charge >= 0.3 is 0 Å². The number of β-amino-alcohol motifs (C(OH)–C–C–N with tert-alkyl or cyclic N) is 1. The lowest BCUT2D eigenvalue weighted by Gasteiger charge is -2.26. The molecule has 1 amide bonds. The summed E-state index contributed by atoms with van der Waals surface area (Å²) in [5.41, 5.74) is 0.507. The minimum Gasteiger partial charge on any atom is -0.457 e. The predicted molar refractivity (Wildman–Crippen MR) is 70.4 cm³/mol. The summed E-state index contributed by atoms with van der Waals surface area (Å²) in [5.74, 6) is -0.0981. The van der Waals surface area contributed by atoms with Gasteiger partial charge in [0.25, 0.3) is 5.91 Å². The molecule has 1 aliphatic heterocycles. The lowest BCUT2D eigenvalue weighted by atomic mass is 10.2. The van der Waals surface area contributed by atoms with Crippen molar-refractivity contribution in [3.05, 3.63) is 22.6 Å². The first kappa shape index (κ1) is 13.6. The Morgan fingerprint density at radius 1 is 1.67 bits per heavy atom. The van der Waals surface area contributed by atoms with E-state index < -0.39 is 6.10 Å². The minimum atomic E-state index is -0.440. The monoisotopic (exact) mass is 316 g/mol. The zero-order valence-corrected chi connectivity index (χ0v) is 12.1. The zero-order valence-electron chi connectivity index (χ0n) is 10.5. The summed E-state index contributed by atoms with van der Waals surface area (Å²) in [7, 11) is 3.92. The average Bonchev–Trinajstić information content (AvgIpc) is 2.83. The topological polar surface area (TPSA) is 56.9 Å².